The summed E-state index contributed by atoms with van der Waals surface area (Å²) >= 11 is 0. The molecule has 0 radical (unpaired) electrons. The molecule has 6 nitrogen and oxygen atoms in total. The third-order valence-corrected chi connectivity index (χ3v) is 12.7. The summed E-state index contributed by atoms with van der Waals surface area (Å²) in [6, 6.07) is 9.88. The molecule has 1 N–H and O–H groups in total. The molecule has 0 saturated carbocycles. The molecule has 0 unspecified atom stereocenters. The molecule has 0 bridgehead atoms. The van der Waals surface area contributed by atoms with Crippen molar-refractivity contribution in [2.24, 2.45) is 5.92 Å². The Morgan fingerprint density at radius 3 is 2.41 bits per heavy atom. The molecule has 1 heterocycles. The fourth-order valence-corrected chi connectivity index (χ4v) is 5.89. The largest absolute Gasteiger partial charge is 0.457 e. The van der Waals surface area contributed by atoms with Crippen molar-refractivity contribution in [2.45, 2.75) is 109 Å². The van der Waals surface area contributed by atoms with Crippen molar-refractivity contribution in [1.29, 1.82) is 0 Å². The van der Waals surface area contributed by atoms with Gasteiger partial charge < -0.3 is 23.7 Å². The van der Waals surface area contributed by atoms with E-state index in [1.54, 1.807) is 18.2 Å². The van der Waals surface area contributed by atoms with Crippen LogP contribution in [0.25, 0.3) is 0 Å². The fraction of sp³-hybridized carbons (Fsp3) is 0.594. The second-order valence-corrected chi connectivity index (χ2v) is 17.1. The first-order valence-electron chi connectivity index (χ1n) is 14.0. The average Bonchev–Trinajstić information content (AvgIpc) is 3.22. The van der Waals surface area contributed by atoms with Crippen LogP contribution in [0.3, 0.4) is 0 Å². The molecule has 7 heteroatoms. The highest BCUT2D eigenvalue weighted by Crippen LogP contribution is 2.43. The van der Waals surface area contributed by atoms with Gasteiger partial charge in [-0.2, -0.15) is 0 Å². The van der Waals surface area contributed by atoms with Gasteiger partial charge in [-0.05, 0) is 50.4 Å². The Labute approximate surface area is 237 Å². The lowest BCUT2D eigenvalue weighted by atomic mass is 9.91. The van der Waals surface area contributed by atoms with Crippen molar-refractivity contribution >= 4 is 14.3 Å². The number of hydrogen-bond acceptors (Lipinski definition) is 6. The lowest BCUT2D eigenvalue weighted by molar-refractivity contribution is -0.151. The van der Waals surface area contributed by atoms with Crippen LogP contribution in [0.1, 0.15) is 72.7 Å². The summed E-state index contributed by atoms with van der Waals surface area (Å²) in [6.07, 6.45) is 4.94. The zero-order valence-corrected chi connectivity index (χ0v) is 26.2. The third-order valence-electron chi connectivity index (χ3n) is 8.13. The average molecular weight is 559 g/mol. The zero-order valence-electron chi connectivity index (χ0n) is 25.2. The highest BCUT2D eigenvalue weighted by Gasteiger charge is 2.46. The van der Waals surface area contributed by atoms with E-state index in [1.807, 2.05) is 51.1 Å². The molecule has 1 aromatic carbocycles. The lowest BCUT2D eigenvalue weighted by Gasteiger charge is -2.40. The predicted molar refractivity (Wildman–Crippen MR) is 160 cm³/mol. The van der Waals surface area contributed by atoms with E-state index in [0.717, 1.165) is 11.1 Å². The van der Waals surface area contributed by atoms with Crippen molar-refractivity contribution in [3.8, 4) is 0 Å². The van der Waals surface area contributed by atoms with Gasteiger partial charge >= 0.3 is 5.97 Å². The summed E-state index contributed by atoms with van der Waals surface area (Å²) in [5.74, 6) is -0.429. The van der Waals surface area contributed by atoms with E-state index in [4.69, 9.17) is 18.6 Å². The normalized spacial score (nSPS) is 24.6. The van der Waals surface area contributed by atoms with E-state index in [1.165, 1.54) is 0 Å². The maximum atomic E-state index is 13.3. The number of aliphatic hydroxyl groups excluding tert-OH is 1. The van der Waals surface area contributed by atoms with Gasteiger partial charge in [-0.15, -0.1) is 13.2 Å². The highest BCUT2D eigenvalue weighted by atomic mass is 28.4. The van der Waals surface area contributed by atoms with Crippen molar-refractivity contribution in [1.82, 2.24) is 0 Å². The summed E-state index contributed by atoms with van der Waals surface area (Å²) in [5.41, 5.74) is 1.13. The standard InChI is InChI=1S/C32H50O6Si/c1-11-23(3)29(24(4)19-21-33)36-28(34)22-26(38-39(9,10)31(5,6)7)18-20-32(8)27(12-2)35-30(37-32)25-16-14-13-15-17-25/h11-17,19,23,26-27,29-30,33H,1-2,18,20-22H2,3-10H3/b24-19+/t23-,26+,27-,29-,30-,32+/m0/s1. The Bertz CT molecular complexity index is 982. The predicted octanol–water partition coefficient (Wildman–Crippen LogP) is 7.28. The lowest BCUT2D eigenvalue weighted by Crippen LogP contribution is -2.45. The Morgan fingerprint density at radius 1 is 1.23 bits per heavy atom. The van der Waals surface area contributed by atoms with Crippen LogP contribution < -0.4 is 0 Å². The van der Waals surface area contributed by atoms with Gasteiger partial charge in [-0.1, -0.05) is 76.3 Å². The molecule has 218 valence electrons. The molecule has 2 rings (SSSR count). The van der Waals surface area contributed by atoms with E-state index in [9.17, 15) is 9.90 Å². The molecule has 0 amide bonds. The van der Waals surface area contributed by atoms with E-state index in [0.29, 0.717) is 12.8 Å². The Balaban J connectivity index is 2.23. The summed E-state index contributed by atoms with van der Waals surface area (Å²) in [5, 5.41) is 9.35. The van der Waals surface area contributed by atoms with Crippen LogP contribution in [0.4, 0.5) is 0 Å². The number of carbonyl (C=O) groups excluding carboxylic acids is 1. The van der Waals surface area contributed by atoms with Crippen LogP contribution in [-0.2, 0) is 23.4 Å². The number of hydrogen-bond donors (Lipinski definition) is 1. The molecule has 1 saturated heterocycles. The van der Waals surface area contributed by atoms with Crippen molar-refractivity contribution < 1.29 is 28.5 Å². The second-order valence-electron chi connectivity index (χ2n) is 12.3. The van der Waals surface area contributed by atoms with Crippen LogP contribution in [0.15, 0.2) is 67.3 Å². The number of aliphatic hydroxyl groups is 1. The molecule has 1 aromatic rings. The van der Waals surface area contributed by atoms with Gasteiger partial charge in [0.1, 0.15) is 12.2 Å². The van der Waals surface area contributed by atoms with E-state index < -0.39 is 26.3 Å². The number of ether oxygens (including phenoxy) is 3. The Morgan fingerprint density at radius 2 is 1.87 bits per heavy atom. The molecule has 0 spiro atoms. The first-order chi connectivity index (χ1) is 18.2. The van der Waals surface area contributed by atoms with E-state index >= 15 is 0 Å². The first kappa shape index (κ1) is 33.2. The fourth-order valence-electron chi connectivity index (χ4n) is 4.50. The van der Waals surface area contributed by atoms with Crippen LogP contribution in [0.2, 0.25) is 18.1 Å². The van der Waals surface area contributed by atoms with Crippen molar-refractivity contribution in [2.75, 3.05) is 6.61 Å². The Hall–Kier alpha value is -2.03. The minimum Gasteiger partial charge on any atom is -0.457 e. The first-order valence-corrected chi connectivity index (χ1v) is 16.9. The molecule has 6 atom stereocenters. The van der Waals surface area contributed by atoms with E-state index in [2.05, 4.69) is 47.0 Å². The molecule has 1 fully saturated rings. The van der Waals surface area contributed by atoms with Gasteiger partial charge in [0.05, 0.1) is 24.7 Å². The molecular weight excluding hydrogens is 508 g/mol. The highest BCUT2D eigenvalue weighted by molar-refractivity contribution is 6.74. The van der Waals surface area contributed by atoms with Crippen LogP contribution in [0.5, 0.6) is 0 Å². The zero-order chi connectivity index (χ0) is 29.4. The molecule has 0 aliphatic carbocycles. The smallest absolute Gasteiger partial charge is 0.308 e. The quantitative estimate of drug-likeness (QED) is 0.147. The van der Waals surface area contributed by atoms with Crippen molar-refractivity contribution in [3.05, 3.63) is 72.9 Å². The molecule has 0 aromatic heterocycles. The minimum atomic E-state index is -2.19. The molecule has 39 heavy (non-hydrogen) atoms. The van der Waals surface area contributed by atoms with E-state index in [-0.39, 0.29) is 42.2 Å². The third kappa shape index (κ3) is 8.98. The van der Waals surface area contributed by atoms with Gasteiger partial charge in [0.2, 0.25) is 0 Å². The SMILES string of the molecule is C=C[C@@H]1O[C@H](c2ccccc2)O[C@]1(C)CC[C@H](CC(=O)O[C@H](/C(C)=C/CO)[C@@H](C)C=C)O[Si](C)(C)C(C)(C)C. The summed E-state index contributed by atoms with van der Waals surface area (Å²) in [6.45, 7) is 24.5. The number of benzene rings is 1. The molecule has 1 aliphatic heterocycles. The number of esters is 1. The molecule has 1 aliphatic rings. The van der Waals surface area contributed by atoms with Gasteiger partial charge in [0.15, 0.2) is 14.6 Å². The second kappa shape index (κ2) is 14.0. The summed E-state index contributed by atoms with van der Waals surface area (Å²) in [4.78, 5) is 13.3. The summed E-state index contributed by atoms with van der Waals surface area (Å²) in [7, 11) is -2.19. The van der Waals surface area contributed by atoms with Crippen LogP contribution >= 0.6 is 0 Å². The number of carbonyl (C=O) groups is 1. The Kier molecular flexibility index (Phi) is 11.9. The van der Waals surface area contributed by atoms with Crippen LogP contribution in [0, 0.1) is 5.92 Å². The van der Waals surface area contributed by atoms with Gasteiger partial charge in [-0.25, -0.2) is 0 Å². The van der Waals surface area contributed by atoms with Gasteiger partial charge in [0.25, 0.3) is 0 Å². The molecular formula is C32H50O6Si. The van der Waals surface area contributed by atoms with Crippen LogP contribution in [-0.4, -0.2) is 49.9 Å². The maximum Gasteiger partial charge on any atom is 0.308 e. The minimum absolute atomic E-state index is 0.0194. The monoisotopic (exact) mass is 558 g/mol. The van der Waals surface area contributed by atoms with Gasteiger partial charge in [0, 0.05) is 11.5 Å². The summed E-state index contributed by atoms with van der Waals surface area (Å²) < 4.78 is 25.4. The maximum absolute atomic E-state index is 13.3. The number of rotatable bonds is 14. The van der Waals surface area contributed by atoms with Gasteiger partial charge in [-0.3, -0.25) is 4.79 Å². The van der Waals surface area contributed by atoms with Crippen molar-refractivity contribution in [3.63, 3.8) is 0 Å². The topological polar surface area (TPSA) is 74.2 Å².